The highest BCUT2D eigenvalue weighted by atomic mass is 32.2. The number of nitrogens with one attached hydrogen (secondary N) is 2. The molecule has 0 unspecified atom stereocenters. The lowest BCUT2D eigenvalue weighted by atomic mass is 9.91. The van der Waals surface area contributed by atoms with Gasteiger partial charge in [-0.05, 0) is 87.5 Å². The molecule has 1 saturated carbocycles. The van der Waals surface area contributed by atoms with Crippen molar-refractivity contribution in [2.24, 2.45) is 0 Å². The zero-order valence-corrected chi connectivity index (χ0v) is 22.0. The van der Waals surface area contributed by atoms with Gasteiger partial charge in [-0.25, -0.2) is 0 Å². The Labute approximate surface area is 219 Å². The van der Waals surface area contributed by atoms with E-state index in [9.17, 15) is 26.4 Å². The van der Waals surface area contributed by atoms with Crippen LogP contribution in [-0.4, -0.2) is 57.5 Å². The number of alkyl halides is 3. The molecule has 2 fully saturated rings. The highest BCUT2D eigenvalue weighted by molar-refractivity contribution is 7.88. The predicted molar refractivity (Wildman–Crippen MR) is 135 cm³/mol. The summed E-state index contributed by atoms with van der Waals surface area (Å²) in [4.78, 5) is 15.7. The standard InChI is InChI=1S/C26H30F3N3O5S/c1-16-5-6-18(36-15-17-7-11-32(17)2)12-21(16)24(33)31-25(8-9-25)22-13-19(37-38(34,35)26(27,28)29)14-23-20(22)4-3-10-30-23/h5-6,12-14,17,30H,3-4,7-11,15H2,1-2H3,(H,31,33)/t17-/m0/s1. The number of benzene rings is 2. The minimum Gasteiger partial charge on any atom is -0.492 e. The molecule has 0 spiro atoms. The molecule has 2 aromatic rings. The Bertz CT molecular complexity index is 1360. The van der Waals surface area contributed by atoms with E-state index in [-0.39, 0.29) is 5.91 Å². The summed E-state index contributed by atoms with van der Waals surface area (Å²) < 4.78 is 72.7. The Morgan fingerprint density at radius 1 is 1.21 bits per heavy atom. The highest BCUT2D eigenvalue weighted by Crippen LogP contribution is 2.50. The molecule has 38 heavy (non-hydrogen) atoms. The molecule has 0 radical (unpaired) electrons. The van der Waals surface area contributed by atoms with E-state index in [1.165, 1.54) is 12.1 Å². The SMILES string of the molecule is Cc1ccc(OC[C@@H]2CCN2C)cc1C(=O)NC1(c2cc(OS(=O)(=O)C(F)(F)F)cc3c2CCCN3)CC1. The summed E-state index contributed by atoms with van der Waals surface area (Å²) in [6.07, 6.45) is 3.61. The van der Waals surface area contributed by atoms with E-state index in [0.717, 1.165) is 30.5 Å². The molecule has 206 valence electrons. The maximum atomic E-state index is 13.5. The number of carbonyl (C=O) groups excluding carboxylic acids is 1. The lowest BCUT2D eigenvalue weighted by molar-refractivity contribution is -0.0500. The minimum absolute atomic E-state index is 0.335. The number of likely N-dealkylation sites (tertiary alicyclic amines) is 1. The number of aryl methyl sites for hydroxylation is 1. The summed E-state index contributed by atoms with van der Waals surface area (Å²) in [7, 11) is -3.81. The third-order valence-corrected chi connectivity index (χ3v) is 8.56. The zero-order chi connectivity index (χ0) is 27.3. The van der Waals surface area contributed by atoms with Gasteiger partial charge < -0.3 is 19.6 Å². The minimum atomic E-state index is -5.84. The molecule has 2 aromatic carbocycles. The summed E-state index contributed by atoms with van der Waals surface area (Å²) in [6, 6.07) is 8.26. The van der Waals surface area contributed by atoms with Crippen molar-refractivity contribution < 1.29 is 35.3 Å². The zero-order valence-electron chi connectivity index (χ0n) is 21.2. The van der Waals surface area contributed by atoms with E-state index in [2.05, 4.69) is 19.7 Å². The fourth-order valence-electron chi connectivity index (χ4n) is 4.99. The van der Waals surface area contributed by atoms with Crippen molar-refractivity contribution >= 4 is 21.7 Å². The van der Waals surface area contributed by atoms with Crippen LogP contribution in [0.2, 0.25) is 0 Å². The van der Waals surface area contributed by atoms with E-state index in [0.29, 0.717) is 61.0 Å². The van der Waals surface area contributed by atoms with Crippen LogP contribution in [0, 0.1) is 6.92 Å². The Balaban J connectivity index is 1.40. The number of amides is 1. The number of hydrogen-bond acceptors (Lipinski definition) is 7. The lowest BCUT2D eigenvalue weighted by Gasteiger charge is -2.37. The van der Waals surface area contributed by atoms with Crippen molar-refractivity contribution in [3.05, 3.63) is 52.6 Å². The van der Waals surface area contributed by atoms with Crippen LogP contribution in [0.25, 0.3) is 0 Å². The maximum absolute atomic E-state index is 13.5. The molecule has 1 aliphatic carbocycles. The average molecular weight is 554 g/mol. The van der Waals surface area contributed by atoms with Crippen LogP contribution in [0.1, 0.15) is 52.7 Å². The first-order valence-corrected chi connectivity index (χ1v) is 14.0. The Morgan fingerprint density at radius 2 is 1.97 bits per heavy atom. The van der Waals surface area contributed by atoms with E-state index in [4.69, 9.17) is 4.74 Å². The molecule has 1 amide bonds. The predicted octanol–water partition coefficient (Wildman–Crippen LogP) is 4.08. The fourth-order valence-corrected chi connectivity index (χ4v) is 5.43. The molecular weight excluding hydrogens is 523 g/mol. The number of ether oxygens (including phenoxy) is 1. The van der Waals surface area contributed by atoms with Crippen LogP contribution >= 0.6 is 0 Å². The number of hydrogen-bond donors (Lipinski definition) is 2. The molecule has 2 heterocycles. The normalized spacial score (nSPS) is 20.5. The lowest BCUT2D eigenvalue weighted by Crippen LogP contribution is -2.48. The first kappa shape index (κ1) is 26.6. The van der Waals surface area contributed by atoms with Gasteiger partial charge in [-0.3, -0.25) is 9.69 Å². The van der Waals surface area contributed by atoms with Gasteiger partial charge in [-0.1, -0.05) is 6.07 Å². The van der Waals surface area contributed by atoms with Gasteiger partial charge in [0, 0.05) is 29.9 Å². The molecule has 8 nitrogen and oxygen atoms in total. The number of fused-ring (bicyclic) bond motifs is 1. The summed E-state index contributed by atoms with van der Waals surface area (Å²) in [5.74, 6) is -0.197. The third-order valence-electron chi connectivity index (χ3n) is 7.58. The number of nitrogens with zero attached hydrogens (tertiary/aromatic N) is 1. The molecule has 0 bridgehead atoms. The van der Waals surface area contributed by atoms with Crippen LogP contribution in [0.15, 0.2) is 30.3 Å². The van der Waals surface area contributed by atoms with Gasteiger partial charge in [0.25, 0.3) is 5.91 Å². The van der Waals surface area contributed by atoms with Crippen LogP contribution in [0.3, 0.4) is 0 Å². The quantitative estimate of drug-likeness (QED) is 0.376. The third kappa shape index (κ3) is 5.15. The van der Waals surface area contributed by atoms with Crippen molar-refractivity contribution in [1.29, 1.82) is 0 Å². The van der Waals surface area contributed by atoms with Crippen molar-refractivity contribution in [2.75, 3.05) is 32.1 Å². The second kappa shape index (κ2) is 9.64. The number of anilines is 1. The summed E-state index contributed by atoms with van der Waals surface area (Å²) >= 11 is 0. The largest absolute Gasteiger partial charge is 0.534 e. The molecule has 12 heteroatoms. The smallest absolute Gasteiger partial charge is 0.492 e. The van der Waals surface area contributed by atoms with Gasteiger partial charge in [-0.2, -0.15) is 21.6 Å². The van der Waals surface area contributed by atoms with E-state index in [1.807, 2.05) is 26.1 Å². The number of halogens is 3. The maximum Gasteiger partial charge on any atom is 0.534 e. The molecule has 2 aliphatic heterocycles. The van der Waals surface area contributed by atoms with E-state index >= 15 is 0 Å². The molecule has 3 aliphatic rings. The Hall–Kier alpha value is -2.99. The van der Waals surface area contributed by atoms with Gasteiger partial charge in [0.15, 0.2) is 0 Å². The van der Waals surface area contributed by atoms with Crippen molar-refractivity contribution in [3.8, 4) is 11.5 Å². The molecule has 1 saturated heterocycles. The highest BCUT2D eigenvalue weighted by Gasteiger charge is 2.50. The van der Waals surface area contributed by atoms with Crippen molar-refractivity contribution in [3.63, 3.8) is 0 Å². The number of rotatable bonds is 8. The first-order valence-electron chi connectivity index (χ1n) is 12.6. The van der Waals surface area contributed by atoms with Gasteiger partial charge in [0.2, 0.25) is 0 Å². The van der Waals surface area contributed by atoms with Crippen molar-refractivity contribution in [1.82, 2.24) is 10.2 Å². The van der Waals surface area contributed by atoms with Gasteiger partial charge in [0.1, 0.15) is 18.1 Å². The van der Waals surface area contributed by atoms with Crippen LogP contribution in [0.4, 0.5) is 18.9 Å². The number of carbonyl (C=O) groups is 1. The van der Waals surface area contributed by atoms with Gasteiger partial charge >= 0.3 is 15.6 Å². The monoisotopic (exact) mass is 553 g/mol. The molecule has 0 aromatic heterocycles. The van der Waals surface area contributed by atoms with Crippen LogP contribution in [0.5, 0.6) is 11.5 Å². The number of likely N-dealkylation sites (N-methyl/N-ethyl adjacent to an activating group) is 1. The second-order valence-electron chi connectivity index (χ2n) is 10.3. The summed E-state index contributed by atoms with van der Waals surface area (Å²) in [6.45, 7) is 3.96. The van der Waals surface area contributed by atoms with E-state index in [1.54, 1.807) is 6.07 Å². The van der Waals surface area contributed by atoms with Crippen LogP contribution < -0.4 is 19.6 Å². The fraction of sp³-hybridized carbons (Fsp3) is 0.500. The Kier molecular flexibility index (Phi) is 6.75. The Morgan fingerprint density at radius 3 is 2.61 bits per heavy atom. The second-order valence-corrected chi connectivity index (χ2v) is 11.8. The first-order chi connectivity index (χ1) is 17.9. The van der Waals surface area contributed by atoms with Gasteiger partial charge in [0.05, 0.1) is 5.54 Å². The summed E-state index contributed by atoms with van der Waals surface area (Å²) in [5, 5.41) is 6.19. The average Bonchev–Trinajstić information content (AvgIpc) is 3.63. The van der Waals surface area contributed by atoms with Gasteiger partial charge in [-0.15, -0.1) is 0 Å². The molecule has 5 rings (SSSR count). The summed E-state index contributed by atoms with van der Waals surface area (Å²) in [5.41, 5.74) is -3.28. The van der Waals surface area contributed by atoms with E-state index < -0.39 is 26.9 Å². The molecule has 2 N–H and O–H groups in total. The van der Waals surface area contributed by atoms with Crippen molar-refractivity contribution in [2.45, 2.75) is 56.1 Å². The van der Waals surface area contributed by atoms with Crippen LogP contribution in [-0.2, 0) is 22.1 Å². The molecular formula is C26H30F3N3O5S. The topological polar surface area (TPSA) is 97.0 Å². The molecule has 1 atom stereocenters.